The highest BCUT2D eigenvalue weighted by atomic mass is 19.1. The molecular formula is C19H21FN4O2. The summed E-state index contributed by atoms with van der Waals surface area (Å²) in [5.74, 6) is -0.856. The number of pyridine rings is 1. The van der Waals surface area contributed by atoms with E-state index in [1.165, 1.54) is 12.1 Å². The summed E-state index contributed by atoms with van der Waals surface area (Å²) in [6, 6.07) is 10.7. The van der Waals surface area contributed by atoms with Crippen molar-refractivity contribution in [3.05, 3.63) is 65.2 Å². The number of carbonyl (C=O) groups is 2. The van der Waals surface area contributed by atoms with E-state index in [1.807, 2.05) is 7.05 Å². The number of nitrogens with zero attached hydrogens (tertiary/aromatic N) is 3. The number of hydrogen-bond donors (Lipinski definition) is 1. The van der Waals surface area contributed by atoms with E-state index in [-0.39, 0.29) is 35.6 Å². The van der Waals surface area contributed by atoms with Crippen molar-refractivity contribution < 1.29 is 14.0 Å². The van der Waals surface area contributed by atoms with Crippen LogP contribution < -0.4 is 5.32 Å². The van der Waals surface area contributed by atoms with Gasteiger partial charge in [0, 0.05) is 32.7 Å². The van der Waals surface area contributed by atoms with Crippen molar-refractivity contribution in [2.75, 3.05) is 33.2 Å². The van der Waals surface area contributed by atoms with Crippen molar-refractivity contribution in [2.24, 2.45) is 0 Å². The van der Waals surface area contributed by atoms with Gasteiger partial charge in [0.15, 0.2) is 0 Å². The Hall–Kier alpha value is -2.80. The van der Waals surface area contributed by atoms with E-state index in [0.717, 1.165) is 18.7 Å². The molecular weight excluding hydrogens is 335 g/mol. The Morgan fingerprint density at radius 2 is 1.69 bits per heavy atom. The number of amides is 2. The number of hydrogen-bond acceptors (Lipinski definition) is 4. The third-order valence-corrected chi connectivity index (χ3v) is 4.36. The van der Waals surface area contributed by atoms with Crippen molar-refractivity contribution in [3.8, 4) is 0 Å². The highest BCUT2D eigenvalue weighted by Crippen LogP contribution is 2.08. The lowest BCUT2D eigenvalue weighted by molar-refractivity contribution is 0.0658. The summed E-state index contributed by atoms with van der Waals surface area (Å²) in [5, 5.41) is 2.73. The third-order valence-electron chi connectivity index (χ3n) is 4.36. The van der Waals surface area contributed by atoms with Gasteiger partial charge in [0.05, 0.1) is 0 Å². The minimum absolute atomic E-state index is 0.161. The van der Waals surface area contributed by atoms with Crippen molar-refractivity contribution >= 4 is 11.8 Å². The van der Waals surface area contributed by atoms with Crippen molar-refractivity contribution in [1.82, 2.24) is 20.1 Å². The molecule has 26 heavy (non-hydrogen) atoms. The molecule has 2 heterocycles. The predicted octanol–water partition coefficient (Wildman–Crippen LogP) is 1.54. The van der Waals surface area contributed by atoms with E-state index in [2.05, 4.69) is 15.2 Å². The Balaban J connectivity index is 1.63. The molecule has 1 fully saturated rings. The summed E-state index contributed by atoms with van der Waals surface area (Å²) in [6.07, 6.45) is 0. The average molecular weight is 356 g/mol. The maximum absolute atomic E-state index is 12.9. The van der Waals surface area contributed by atoms with Crippen LogP contribution in [-0.2, 0) is 6.54 Å². The zero-order valence-corrected chi connectivity index (χ0v) is 14.6. The fourth-order valence-electron chi connectivity index (χ4n) is 2.73. The Labute approximate surface area is 151 Å². The molecule has 1 aliphatic heterocycles. The van der Waals surface area contributed by atoms with Gasteiger partial charge in [0.1, 0.15) is 17.2 Å². The monoisotopic (exact) mass is 356 g/mol. The summed E-state index contributed by atoms with van der Waals surface area (Å²) in [6.45, 7) is 3.21. The normalized spacial score (nSPS) is 14.9. The maximum atomic E-state index is 12.9. The highest BCUT2D eigenvalue weighted by molar-refractivity contribution is 5.96. The van der Waals surface area contributed by atoms with Gasteiger partial charge in [-0.1, -0.05) is 18.2 Å². The first-order valence-corrected chi connectivity index (χ1v) is 8.50. The van der Waals surface area contributed by atoms with Crippen LogP contribution in [0.2, 0.25) is 0 Å². The van der Waals surface area contributed by atoms with Gasteiger partial charge >= 0.3 is 0 Å². The largest absolute Gasteiger partial charge is 0.347 e. The van der Waals surface area contributed by atoms with Crippen molar-refractivity contribution in [3.63, 3.8) is 0 Å². The lowest BCUT2D eigenvalue weighted by atomic mass is 10.2. The number of halogens is 1. The standard InChI is InChI=1S/C19H21FN4O2/c1-23-9-11-24(12-10-23)19(26)17-4-2-3-16(22-17)18(25)21-13-14-5-7-15(20)8-6-14/h2-8H,9-13H2,1H3,(H,21,25). The number of likely N-dealkylation sites (N-methyl/N-ethyl adjacent to an activating group) is 1. The molecule has 0 aliphatic carbocycles. The van der Waals surface area contributed by atoms with E-state index in [0.29, 0.717) is 13.1 Å². The minimum Gasteiger partial charge on any atom is -0.347 e. The summed E-state index contributed by atoms with van der Waals surface area (Å²) >= 11 is 0. The molecule has 0 unspecified atom stereocenters. The van der Waals surface area contributed by atoms with E-state index in [1.54, 1.807) is 35.2 Å². The lowest BCUT2D eigenvalue weighted by Crippen LogP contribution is -2.47. The molecule has 1 aliphatic rings. The average Bonchev–Trinajstić information content (AvgIpc) is 2.67. The molecule has 136 valence electrons. The molecule has 1 N–H and O–H groups in total. The molecule has 7 heteroatoms. The second-order valence-corrected chi connectivity index (χ2v) is 6.31. The molecule has 1 saturated heterocycles. The van der Waals surface area contributed by atoms with Gasteiger partial charge in [-0.3, -0.25) is 9.59 Å². The van der Waals surface area contributed by atoms with Gasteiger partial charge < -0.3 is 15.1 Å². The first-order valence-electron chi connectivity index (χ1n) is 8.50. The van der Waals surface area contributed by atoms with E-state index < -0.39 is 0 Å². The first kappa shape index (κ1) is 18.0. The van der Waals surface area contributed by atoms with Crippen LogP contribution in [0.25, 0.3) is 0 Å². The van der Waals surface area contributed by atoms with E-state index in [4.69, 9.17) is 0 Å². The van der Waals surface area contributed by atoms with Crippen LogP contribution in [0.1, 0.15) is 26.5 Å². The Kier molecular flexibility index (Phi) is 5.58. The molecule has 0 bridgehead atoms. The van der Waals surface area contributed by atoms with Gasteiger partial charge in [-0.25, -0.2) is 9.37 Å². The molecule has 0 spiro atoms. The number of nitrogens with one attached hydrogen (secondary N) is 1. The summed E-state index contributed by atoms with van der Waals surface area (Å²) in [4.78, 5) is 33.0. The smallest absolute Gasteiger partial charge is 0.272 e. The number of rotatable bonds is 4. The van der Waals surface area contributed by atoms with Gasteiger partial charge in [-0.15, -0.1) is 0 Å². The molecule has 3 rings (SSSR count). The van der Waals surface area contributed by atoms with Gasteiger partial charge in [0.2, 0.25) is 0 Å². The van der Waals surface area contributed by atoms with Gasteiger partial charge in [-0.2, -0.15) is 0 Å². The lowest BCUT2D eigenvalue weighted by Gasteiger charge is -2.32. The Morgan fingerprint density at radius 1 is 1.04 bits per heavy atom. The molecule has 2 aromatic rings. The van der Waals surface area contributed by atoms with Crippen LogP contribution in [0.15, 0.2) is 42.5 Å². The molecule has 1 aromatic carbocycles. The van der Waals surface area contributed by atoms with Gasteiger partial charge in [0.25, 0.3) is 11.8 Å². The number of aromatic nitrogens is 1. The Bertz CT molecular complexity index is 786. The highest BCUT2D eigenvalue weighted by Gasteiger charge is 2.22. The molecule has 6 nitrogen and oxygen atoms in total. The zero-order chi connectivity index (χ0) is 18.5. The number of benzene rings is 1. The maximum Gasteiger partial charge on any atom is 0.272 e. The van der Waals surface area contributed by atoms with E-state index in [9.17, 15) is 14.0 Å². The van der Waals surface area contributed by atoms with Crippen LogP contribution >= 0.6 is 0 Å². The predicted molar refractivity (Wildman–Crippen MR) is 95.2 cm³/mol. The third kappa shape index (κ3) is 4.43. The number of carbonyl (C=O) groups excluding carboxylic acids is 2. The van der Waals surface area contributed by atoms with Crippen LogP contribution in [-0.4, -0.2) is 59.8 Å². The van der Waals surface area contributed by atoms with Crippen LogP contribution in [0.3, 0.4) is 0 Å². The van der Waals surface area contributed by atoms with Gasteiger partial charge in [-0.05, 0) is 36.9 Å². The summed E-state index contributed by atoms with van der Waals surface area (Å²) in [7, 11) is 2.02. The molecule has 1 aromatic heterocycles. The fraction of sp³-hybridized carbons (Fsp3) is 0.316. The molecule has 0 radical (unpaired) electrons. The minimum atomic E-state index is -0.373. The second kappa shape index (κ2) is 8.05. The van der Waals surface area contributed by atoms with Crippen LogP contribution in [0, 0.1) is 5.82 Å². The SMILES string of the molecule is CN1CCN(C(=O)c2cccc(C(=O)NCc3ccc(F)cc3)n2)CC1. The summed E-state index contributed by atoms with van der Waals surface area (Å²) in [5.41, 5.74) is 1.24. The van der Waals surface area contributed by atoms with Crippen LogP contribution in [0.4, 0.5) is 4.39 Å². The summed E-state index contributed by atoms with van der Waals surface area (Å²) < 4.78 is 12.9. The fourth-order valence-corrected chi connectivity index (χ4v) is 2.73. The van der Waals surface area contributed by atoms with Crippen molar-refractivity contribution in [2.45, 2.75) is 6.54 Å². The topological polar surface area (TPSA) is 65.5 Å². The quantitative estimate of drug-likeness (QED) is 0.903. The van der Waals surface area contributed by atoms with Crippen LogP contribution in [0.5, 0.6) is 0 Å². The molecule has 0 atom stereocenters. The first-order chi connectivity index (χ1) is 12.5. The zero-order valence-electron chi connectivity index (χ0n) is 14.6. The Morgan fingerprint density at radius 3 is 2.38 bits per heavy atom. The molecule has 2 amide bonds. The van der Waals surface area contributed by atoms with E-state index >= 15 is 0 Å². The molecule has 0 saturated carbocycles. The van der Waals surface area contributed by atoms with Crippen molar-refractivity contribution in [1.29, 1.82) is 0 Å². The number of piperazine rings is 1. The second-order valence-electron chi connectivity index (χ2n) is 6.31.